The van der Waals surface area contributed by atoms with E-state index in [1.54, 1.807) is 7.11 Å². The van der Waals surface area contributed by atoms with E-state index in [0.717, 1.165) is 15.4 Å². The third kappa shape index (κ3) is 2.39. The van der Waals surface area contributed by atoms with Gasteiger partial charge in [-0.05, 0) is 24.5 Å². The normalized spacial score (nSPS) is 13.2. The van der Waals surface area contributed by atoms with Gasteiger partial charge in [-0.3, -0.25) is 0 Å². The van der Waals surface area contributed by atoms with Gasteiger partial charge in [-0.25, -0.2) is 0 Å². The number of ether oxygens (including phenoxy) is 1. The summed E-state index contributed by atoms with van der Waals surface area (Å²) in [4.78, 5) is 5.32. The summed E-state index contributed by atoms with van der Waals surface area (Å²) in [6.45, 7) is 6.08. The molecule has 0 bridgehead atoms. The van der Waals surface area contributed by atoms with E-state index in [2.05, 4.69) is 24.0 Å². The minimum atomic E-state index is -0.153. The SMILES string of the molecule is COC(c1noc(-c2sc(N)cc2C)n1)C(C)C. The largest absolute Gasteiger partial charge is 0.391 e. The molecule has 0 radical (unpaired) electrons. The van der Waals surface area contributed by atoms with E-state index in [0.29, 0.717) is 11.7 Å². The molecule has 0 amide bonds. The maximum atomic E-state index is 5.76. The van der Waals surface area contributed by atoms with E-state index in [1.165, 1.54) is 11.3 Å². The maximum Gasteiger partial charge on any atom is 0.268 e. The second kappa shape index (κ2) is 5.07. The van der Waals surface area contributed by atoms with Gasteiger partial charge in [0.25, 0.3) is 5.89 Å². The van der Waals surface area contributed by atoms with Gasteiger partial charge in [0.05, 0.1) is 9.88 Å². The number of hydrogen-bond acceptors (Lipinski definition) is 6. The summed E-state index contributed by atoms with van der Waals surface area (Å²) in [5.41, 5.74) is 6.81. The Hall–Kier alpha value is -1.40. The molecular weight excluding hydrogens is 250 g/mol. The van der Waals surface area contributed by atoms with Crippen LogP contribution in [0.5, 0.6) is 0 Å². The molecule has 0 aliphatic carbocycles. The van der Waals surface area contributed by atoms with Gasteiger partial charge in [-0.2, -0.15) is 4.98 Å². The molecule has 6 heteroatoms. The number of methoxy groups -OCH3 is 1. The van der Waals surface area contributed by atoms with Gasteiger partial charge in [0, 0.05) is 7.11 Å². The molecule has 98 valence electrons. The highest BCUT2D eigenvalue weighted by molar-refractivity contribution is 7.19. The highest BCUT2D eigenvalue weighted by Crippen LogP contribution is 2.34. The van der Waals surface area contributed by atoms with Crippen molar-refractivity contribution >= 4 is 16.3 Å². The van der Waals surface area contributed by atoms with E-state index in [9.17, 15) is 0 Å². The monoisotopic (exact) mass is 267 g/mol. The number of nitrogens with two attached hydrogens (primary N) is 1. The van der Waals surface area contributed by atoms with Crippen LogP contribution in [0.25, 0.3) is 10.8 Å². The average molecular weight is 267 g/mol. The molecule has 2 N–H and O–H groups in total. The standard InChI is InChI=1S/C12H17N3O2S/c1-6(2)9(16-4)11-14-12(17-15-11)10-7(3)5-8(13)18-10/h5-6,9H,13H2,1-4H3. The van der Waals surface area contributed by atoms with E-state index in [-0.39, 0.29) is 12.0 Å². The van der Waals surface area contributed by atoms with Crippen LogP contribution in [0.3, 0.4) is 0 Å². The molecule has 0 aromatic carbocycles. The Labute approximate surface area is 110 Å². The first-order valence-corrected chi connectivity index (χ1v) is 6.57. The predicted octanol–water partition coefficient (Wildman–Crippen LogP) is 3.03. The number of anilines is 1. The molecule has 0 saturated carbocycles. The average Bonchev–Trinajstić information content (AvgIpc) is 2.86. The molecule has 0 aliphatic rings. The lowest BCUT2D eigenvalue weighted by molar-refractivity contribution is 0.0556. The van der Waals surface area contributed by atoms with Gasteiger partial charge in [-0.15, -0.1) is 11.3 Å². The smallest absolute Gasteiger partial charge is 0.268 e. The van der Waals surface area contributed by atoms with Gasteiger partial charge in [0.15, 0.2) is 0 Å². The quantitative estimate of drug-likeness (QED) is 0.921. The van der Waals surface area contributed by atoms with E-state index in [1.807, 2.05) is 13.0 Å². The summed E-state index contributed by atoms with van der Waals surface area (Å²) in [5.74, 6) is 1.37. The van der Waals surface area contributed by atoms with Crippen LogP contribution >= 0.6 is 11.3 Å². The molecule has 2 heterocycles. The van der Waals surface area contributed by atoms with Crippen LogP contribution in [-0.4, -0.2) is 17.3 Å². The highest BCUT2D eigenvalue weighted by Gasteiger charge is 2.23. The van der Waals surface area contributed by atoms with Crippen LogP contribution in [0, 0.1) is 12.8 Å². The summed E-state index contributed by atoms with van der Waals surface area (Å²) < 4.78 is 10.7. The van der Waals surface area contributed by atoms with Crippen LogP contribution in [0.1, 0.15) is 31.3 Å². The number of hydrogen-bond donors (Lipinski definition) is 1. The number of nitrogens with zero attached hydrogens (tertiary/aromatic N) is 2. The van der Waals surface area contributed by atoms with E-state index in [4.69, 9.17) is 15.0 Å². The first kappa shape index (κ1) is 13.0. The van der Waals surface area contributed by atoms with Crippen LogP contribution in [-0.2, 0) is 4.74 Å². The van der Waals surface area contributed by atoms with Gasteiger partial charge in [0.2, 0.25) is 5.82 Å². The molecule has 0 spiro atoms. The summed E-state index contributed by atoms with van der Waals surface area (Å²) in [5, 5.41) is 4.73. The number of thiophene rings is 1. The van der Waals surface area contributed by atoms with Crippen LogP contribution in [0.15, 0.2) is 10.6 Å². The molecule has 1 unspecified atom stereocenters. The van der Waals surface area contributed by atoms with Crippen LogP contribution < -0.4 is 5.73 Å². The summed E-state index contributed by atoms with van der Waals surface area (Å²) in [7, 11) is 1.65. The second-order valence-electron chi connectivity index (χ2n) is 4.52. The first-order chi connectivity index (χ1) is 8.52. The van der Waals surface area contributed by atoms with Crippen LogP contribution in [0.2, 0.25) is 0 Å². The molecule has 2 aromatic heterocycles. The lowest BCUT2D eigenvalue weighted by atomic mass is 10.1. The summed E-state index contributed by atoms with van der Waals surface area (Å²) >= 11 is 1.45. The van der Waals surface area contributed by atoms with E-state index >= 15 is 0 Å². The zero-order valence-electron chi connectivity index (χ0n) is 10.9. The van der Waals surface area contributed by atoms with Crippen molar-refractivity contribution in [3.63, 3.8) is 0 Å². The Morgan fingerprint density at radius 3 is 2.67 bits per heavy atom. The Bertz CT molecular complexity index is 533. The van der Waals surface area contributed by atoms with Crippen LogP contribution in [0.4, 0.5) is 5.00 Å². The van der Waals surface area contributed by atoms with Gasteiger partial charge >= 0.3 is 0 Å². The topological polar surface area (TPSA) is 74.2 Å². The summed E-state index contributed by atoms with van der Waals surface area (Å²) in [6.07, 6.45) is -0.153. The van der Waals surface area contributed by atoms with Crippen molar-refractivity contribution in [1.82, 2.24) is 10.1 Å². The van der Waals surface area contributed by atoms with Crippen molar-refractivity contribution in [2.75, 3.05) is 12.8 Å². The Morgan fingerprint density at radius 1 is 1.44 bits per heavy atom. The second-order valence-corrected chi connectivity index (χ2v) is 5.60. The molecule has 2 rings (SSSR count). The van der Waals surface area contributed by atoms with Gasteiger partial charge < -0.3 is 15.0 Å². The van der Waals surface area contributed by atoms with E-state index < -0.39 is 0 Å². The maximum absolute atomic E-state index is 5.76. The fourth-order valence-corrected chi connectivity index (χ4v) is 2.70. The van der Waals surface area contributed by atoms with Crippen molar-refractivity contribution < 1.29 is 9.26 Å². The third-order valence-corrected chi connectivity index (χ3v) is 3.74. The Balaban J connectivity index is 2.33. The number of aryl methyl sites for hydroxylation is 1. The lowest BCUT2D eigenvalue weighted by Crippen LogP contribution is -2.10. The zero-order valence-corrected chi connectivity index (χ0v) is 11.7. The van der Waals surface area contributed by atoms with Crippen molar-refractivity contribution in [2.24, 2.45) is 5.92 Å². The Kier molecular flexibility index (Phi) is 3.68. The summed E-state index contributed by atoms with van der Waals surface area (Å²) in [6, 6.07) is 1.90. The molecular formula is C12H17N3O2S. The molecule has 2 aromatic rings. The molecule has 0 aliphatic heterocycles. The van der Waals surface area contributed by atoms with Crippen molar-refractivity contribution in [2.45, 2.75) is 26.9 Å². The molecule has 0 fully saturated rings. The van der Waals surface area contributed by atoms with Crippen molar-refractivity contribution in [3.8, 4) is 10.8 Å². The minimum Gasteiger partial charge on any atom is -0.391 e. The fourth-order valence-electron chi connectivity index (χ4n) is 1.84. The fraction of sp³-hybridized carbons (Fsp3) is 0.500. The molecule has 0 saturated heterocycles. The number of rotatable bonds is 4. The van der Waals surface area contributed by atoms with Crippen molar-refractivity contribution in [3.05, 3.63) is 17.5 Å². The predicted molar refractivity (Wildman–Crippen MR) is 71.3 cm³/mol. The third-order valence-electron chi connectivity index (χ3n) is 2.69. The lowest BCUT2D eigenvalue weighted by Gasteiger charge is -2.14. The Morgan fingerprint density at radius 2 is 2.17 bits per heavy atom. The zero-order chi connectivity index (χ0) is 13.3. The minimum absolute atomic E-state index is 0.153. The van der Waals surface area contributed by atoms with Crippen molar-refractivity contribution in [1.29, 1.82) is 0 Å². The number of nitrogen functional groups attached to an aromatic ring is 1. The molecule has 5 nitrogen and oxygen atoms in total. The molecule has 18 heavy (non-hydrogen) atoms. The molecule has 1 atom stereocenters. The first-order valence-electron chi connectivity index (χ1n) is 5.75. The van der Waals surface area contributed by atoms with Gasteiger partial charge in [0.1, 0.15) is 6.10 Å². The van der Waals surface area contributed by atoms with Gasteiger partial charge in [-0.1, -0.05) is 19.0 Å². The highest BCUT2D eigenvalue weighted by atomic mass is 32.1. The number of aromatic nitrogens is 2.